The molecule has 0 spiro atoms. The predicted molar refractivity (Wildman–Crippen MR) is 105 cm³/mol. The highest BCUT2D eigenvalue weighted by Crippen LogP contribution is 2.20. The van der Waals surface area contributed by atoms with E-state index in [1.165, 1.54) is 43.6 Å². The van der Waals surface area contributed by atoms with Crippen LogP contribution < -0.4 is 10.2 Å². The van der Waals surface area contributed by atoms with Crippen LogP contribution in [0, 0.1) is 0 Å². The van der Waals surface area contributed by atoms with Crippen molar-refractivity contribution >= 4 is 11.6 Å². The number of aryl methyl sites for hydroxylation is 1. The van der Waals surface area contributed by atoms with Crippen LogP contribution in [0.4, 0.5) is 5.69 Å². The van der Waals surface area contributed by atoms with E-state index in [0.717, 1.165) is 18.3 Å². The molecular formula is C19H29N7. The molecule has 1 aromatic heterocycles. The number of guanidine groups is 1. The number of piperidine rings is 1. The first-order valence-electron chi connectivity index (χ1n) is 9.26. The maximum absolute atomic E-state index is 4.37. The number of benzene rings is 1. The molecule has 0 unspecified atom stereocenters. The van der Waals surface area contributed by atoms with Crippen molar-refractivity contribution in [1.82, 2.24) is 25.0 Å². The van der Waals surface area contributed by atoms with E-state index >= 15 is 0 Å². The summed E-state index contributed by atoms with van der Waals surface area (Å²) in [6.07, 6.45) is 5.53. The number of hydrogen-bond acceptors (Lipinski definition) is 4. The number of hydrogen-bond donors (Lipinski definition) is 1. The van der Waals surface area contributed by atoms with Crippen LogP contribution in [0.2, 0.25) is 0 Å². The molecular weight excluding hydrogens is 326 g/mol. The molecule has 26 heavy (non-hydrogen) atoms. The number of anilines is 1. The molecule has 2 aromatic rings. The average Bonchev–Trinajstić information content (AvgIpc) is 3.08. The Morgan fingerprint density at radius 3 is 2.54 bits per heavy atom. The monoisotopic (exact) mass is 355 g/mol. The highest BCUT2D eigenvalue weighted by atomic mass is 15.3. The van der Waals surface area contributed by atoms with Crippen LogP contribution in [-0.4, -0.2) is 52.8 Å². The lowest BCUT2D eigenvalue weighted by molar-refractivity contribution is 0.474. The van der Waals surface area contributed by atoms with Gasteiger partial charge in [0.2, 0.25) is 0 Å². The number of nitrogens with zero attached hydrogens (tertiary/aromatic N) is 6. The zero-order chi connectivity index (χ0) is 18.4. The third-order valence-electron chi connectivity index (χ3n) is 4.86. The van der Waals surface area contributed by atoms with Crippen molar-refractivity contribution in [3.63, 3.8) is 0 Å². The summed E-state index contributed by atoms with van der Waals surface area (Å²) in [7, 11) is 5.74. The van der Waals surface area contributed by atoms with Crippen molar-refractivity contribution < 1.29 is 0 Å². The Labute approximate surface area is 155 Å². The highest BCUT2D eigenvalue weighted by molar-refractivity contribution is 5.79. The van der Waals surface area contributed by atoms with Crippen LogP contribution in [0.25, 0.3) is 0 Å². The fourth-order valence-corrected chi connectivity index (χ4v) is 3.34. The van der Waals surface area contributed by atoms with Crippen molar-refractivity contribution in [2.75, 3.05) is 32.1 Å². The first kappa shape index (κ1) is 18.2. The van der Waals surface area contributed by atoms with Gasteiger partial charge in [-0.15, -0.1) is 0 Å². The smallest absolute Gasteiger partial charge is 0.194 e. The Hall–Kier alpha value is -2.57. The summed E-state index contributed by atoms with van der Waals surface area (Å²) >= 11 is 0. The normalized spacial score (nSPS) is 15.2. The number of aromatic nitrogens is 3. The van der Waals surface area contributed by atoms with E-state index in [9.17, 15) is 0 Å². The Balaban J connectivity index is 1.55. The first-order valence-corrected chi connectivity index (χ1v) is 9.26. The van der Waals surface area contributed by atoms with Gasteiger partial charge in [0.1, 0.15) is 12.2 Å². The summed E-state index contributed by atoms with van der Waals surface area (Å²) in [5.74, 6) is 1.72. The maximum atomic E-state index is 4.37. The van der Waals surface area contributed by atoms with E-state index < -0.39 is 0 Å². The Kier molecular flexibility index (Phi) is 6.09. The molecule has 0 radical (unpaired) electrons. The maximum Gasteiger partial charge on any atom is 0.194 e. The van der Waals surface area contributed by atoms with Crippen LogP contribution in [0.1, 0.15) is 30.7 Å². The minimum absolute atomic E-state index is 0.599. The second-order valence-electron chi connectivity index (χ2n) is 6.77. The molecule has 0 saturated carbocycles. The Morgan fingerprint density at radius 1 is 1.19 bits per heavy atom. The standard InChI is InChI=1S/C19H29N7/c1-20-19(21-13-18-22-15-23-25(18)3)24(2)14-16-7-9-17(10-8-16)26-11-5-4-6-12-26/h7-10,15H,4-6,11-14H2,1-3H3,(H,20,21). The van der Waals surface area contributed by atoms with Gasteiger partial charge in [0.15, 0.2) is 5.96 Å². The summed E-state index contributed by atoms with van der Waals surface area (Å²) in [6, 6.07) is 8.92. The molecule has 1 aliphatic heterocycles. The zero-order valence-electron chi connectivity index (χ0n) is 16.0. The Morgan fingerprint density at radius 2 is 1.92 bits per heavy atom. The van der Waals surface area contributed by atoms with Gasteiger partial charge in [0.05, 0.1) is 6.54 Å². The predicted octanol–water partition coefficient (Wildman–Crippen LogP) is 2.01. The third kappa shape index (κ3) is 4.53. The van der Waals surface area contributed by atoms with Crippen LogP contribution in [0.5, 0.6) is 0 Å². The summed E-state index contributed by atoms with van der Waals surface area (Å²) in [5, 5.41) is 7.43. The molecule has 140 valence electrons. The van der Waals surface area contributed by atoms with Crippen LogP contribution >= 0.6 is 0 Å². The van der Waals surface area contributed by atoms with E-state index in [4.69, 9.17) is 0 Å². The lowest BCUT2D eigenvalue weighted by Crippen LogP contribution is -2.38. The van der Waals surface area contributed by atoms with Gasteiger partial charge in [-0.2, -0.15) is 5.10 Å². The molecule has 1 saturated heterocycles. The van der Waals surface area contributed by atoms with Crippen molar-refractivity contribution in [3.05, 3.63) is 42.0 Å². The van der Waals surface area contributed by atoms with Gasteiger partial charge in [-0.25, -0.2) is 4.98 Å². The van der Waals surface area contributed by atoms with Gasteiger partial charge in [0, 0.05) is 46.5 Å². The van der Waals surface area contributed by atoms with Crippen molar-refractivity contribution in [3.8, 4) is 0 Å². The lowest BCUT2D eigenvalue weighted by atomic mass is 10.1. The lowest BCUT2D eigenvalue weighted by Gasteiger charge is -2.29. The quantitative estimate of drug-likeness (QED) is 0.657. The summed E-state index contributed by atoms with van der Waals surface area (Å²) in [6.45, 7) is 3.76. The molecule has 0 bridgehead atoms. The minimum Gasteiger partial charge on any atom is -0.372 e. The number of aliphatic imine (C=N–C) groups is 1. The number of nitrogens with one attached hydrogen (secondary N) is 1. The molecule has 1 fully saturated rings. The Bertz CT molecular complexity index is 714. The van der Waals surface area contributed by atoms with Crippen LogP contribution in [-0.2, 0) is 20.1 Å². The van der Waals surface area contributed by atoms with Gasteiger partial charge in [-0.1, -0.05) is 12.1 Å². The highest BCUT2D eigenvalue weighted by Gasteiger charge is 2.12. The molecule has 1 aromatic carbocycles. The summed E-state index contributed by atoms with van der Waals surface area (Å²) < 4.78 is 1.76. The largest absolute Gasteiger partial charge is 0.372 e. The first-order chi connectivity index (χ1) is 12.7. The van der Waals surface area contributed by atoms with Crippen LogP contribution in [0.3, 0.4) is 0 Å². The van der Waals surface area contributed by atoms with Crippen molar-refractivity contribution in [1.29, 1.82) is 0 Å². The minimum atomic E-state index is 0.599. The third-order valence-corrected chi connectivity index (χ3v) is 4.86. The fraction of sp³-hybridized carbons (Fsp3) is 0.526. The molecule has 0 amide bonds. The van der Waals surface area contributed by atoms with Gasteiger partial charge < -0.3 is 15.1 Å². The van der Waals surface area contributed by atoms with E-state index in [2.05, 4.69) is 54.5 Å². The average molecular weight is 355 g/mol. The van der Waals surface area contributed by atoms with E-state index in [-0.39, 0.29) is 0 Å². The molecule has 3 rings (SSSR count). The zero-order valence-corrected chi connectivity index (χ0v) is 16.0. The van der Waals surface area contributed by atoms with Gasteiger partial charge in [-0.3, -0.25) is 9.67 Å². The number of rotatable bonds is 5. The second kappa shape index (κ2) is 8.69. The molecule has 7 heteroatoms. The molecule has 1 aliphatic rings. The second-order valence-corrected chi connectivity index (χ2v) is 6.77. The van der Waals surface area contributed by atoms with Gasteiger partial charge in [-0.05, 0) is 37.0 Å². The van der Waals surface area contributed by atoms with Crippen molar-refractivity contribution in [2.45, 2.75) is 32.4 Å². The van der Waals surface area contributed by atoms with E-state index in [1.54, 1.807) is 18.1 Å². The SMILES string of the molecule is CN=C(NCc1ncnn1C)N(C)Cc1ccc(N2CCCCC2)cc1. The fourth-order valence-electron chi connectivity index (χ4n) is 3.34. The molecule has 0 aliphatic carbocycles. The van der Waals surface area contributed by atoms with E-state index in [0.29, 0.717) is 6.54 Å². The molecule has 0 atom stereocenters. The molecule has 2 heterocycles. The van der Waals surface area contributed by atoms with E-state index in [1.807, 2.05) is 14.1 Å². The summed E-state index contributed by atoms with van der Waals surface area (Å²) in [5.41, 5.74) is 2.61. The van der Waals surface area contributed by atoms with Gasteiger partial charge >= 0.3 is 0 Å². The van der Waals surface area contributed by atoms with Gasteiger partial charge in [0.25, 0.3) is 0 Å². The molecule has 7 nitrogen and oxygen atoms in total. The van der Waals surface area contributed by atoms with Crippen LogP contribution in [0.15, 0.2) is 35.6 Å². The topological polar surface area (TPSA) is 61.6 Å². The molecule has 1 N–H and O–H groups in total. The summed E-state index contributed by atoms with van der Waals surface area (Å²) in [4.78, 5) is 13.2. The van der Waals surface area contributed by atoms with Crippen molar-refractivity contribution in [2.24, 2.45) is 12.0 Å².